The maximum absolute atomic E-state index is 13.3. The van der Waals surface area contributed by atoms with E-state index < -0.39 is 29.4 Å². The van der Waals surface area contributed by atoms with Gasteiger partial charge in [0.2, 0.25) is 11.8 Å². The zero-order valence-corrected chi connectivity index (χ0v) is 16.8. The molecule has 2 N–H and O–H groups in total. The standard InChI is InChI=1S/C22H24N2O6/c1-3-24-19(26)16-17(20(24)27)22(21(28)29-4-2,12-13-7-9-14(25)10-8-13)23-18(16)15-6-5-11-30-15/h5-11,16-18,23,25H,3-4,12H2,1-2H3/t16-,17-,18+,22+/m0/s1. The summed E-state index contributed by atoms with van der Waals surface area (Å²) in [5.41, 5.74) is -0.714. The lowest BCUT2D eigenvalue weighted by Crippen LogP contribution is -2.58. The molecule has 2 aromatic rings. The van der Waals surface area contributed by atoms with Crippen molar-refractivity contribution >= 4 is 17.8 Å². The summed E-state index contributed by atoms with van der Waals surface area (Å²) in [6.07, 6.45) is 1.62. The molecule has 2 saturated heterocycles. The number of imide groups is 1. The van der Waals surface area contributed by atoms with Crippen molar-refractivity contribution in [2.45, 2.75) is 31.8 Å². The number of hydrogen-bond donors (Lipinski definition) is 2. The smallest absolute Gasteiger partial charge is 0.327 e. The van der Waals surface area contributed by atoms with Gasteiger partial charge in [-0.15, -0.1) is 0 Å². The van der Waals surface area contributed by atoms with Crippen LogP contribution in [0.2, 0.25) is 0 Å². The zero-order chi connectivity index (χ0) is 21.5. The SMILES string of the molecule is CCOC(=O)[C@]1(Cc2ccc(O)cc2)N[C@H](c2ccco2)[C@H]2C(=O)N(CC)C(=O)[C@H]21. The summed E-state index contributed by atoms with van der Waals surface area (Å²) in [6, 6.07) is 9.20. The van der Waals surface area contributed by atoms with Gasteiger partial charge in [0, 0.05) is 13.0 Å². The van der Waals surface area contributed by atoms with Gasteiger partial charge in [-0.1, -0.05) is 12.1 Å². The Bertz CT molecular complexity index is 955. The number of phenols is 1. The number of carbonyl (C=O) groups excluding carboxylic acids is 3. The van der Waals surface area contributed by atoms with Crippen LogP contribution in [0.15, 0.2) is 47.1 Å². The molecule has 0 unspecified atom stereocenters. The fourth-order valence-corrected chi connectivity index (χ4v) is 4.70. The predicted octanol–water partition coefficient (Wildman–Crippen LogP) is 1.80. The normalized spacial score (nSPS) is 28.1. The van der Waals surface area contributed by atoms with E-state index in [0.29, 0.717) is 5.76 Å². The molecule has 2 fully saturated rings. The lowest BCUT2D eigenvalue weighted by atomic mass is 9.76. The molecule has 8 nitrogen and oxygen atoms in total. The van der Waals surface area contributed by atoms with Crippen LogP contribution < -0.4 is 5.32 Å². The van der Waals surface area contributed by atoms with E-state index in [-0.39, 0.29) is 37.1 Å². The molecule has 0 spiro atoms. The Hall–Kier alpha value is -3.13. The molecule has 0 saturated carbocycles. The van der Waals surface area contributed by atoms with E-state index in [0.717, 1.165) is 5.56 Å². The van der Waals surface area contributed by atoms with Crippen LogP contribution in [-0.4, -0.2) is 46.5 Å². The average Bonchev–Trinajstić information content (AvgIpc) is 3.42. The van der Waals surface area contributed by atoms with Gasteiger partial charge in [0.1, 0.15) is 17.0 Å². The maximum atomic E-state index is 13.3. The highest BCUT2D eigenvalue weighted by atomic mass is 16.5. The molecular weight excluding hydrogens is 388 g/mol. The van der Waals surface area contributed by atoms with Crippen LogP contribution in [0.3, 0.4) is 0 Å². The summed E-state index contributed by atoms with van der Waals surface area (Å²) in [7, 11) is 0. The molecule has 8 heteroatoms. The monoisotopic (exact) mass is 412 g/mol. The molecule has 3 heterocycles. The van der Waals surface area contributed by atoms with Crippen molar-refractivity contribution < 1.29 is 28.6 Å². The number of esters is 1. The van der Waals surface area contributed by atoms with Gasteiger partial charge in [0.25, 0.3) is 0 Å². The van der Waals surface area contributed by atoms with Gasteiger partial charge in [0.15, 0.2) is 0 Å². The molecule has 1 aromatic heterocycles. The van der Waals surface area contributed by atoms with Crippen LogP contribution in [0.25, 0.3) is 0 Å². The summed E-state index contributed by atoms with van der Waals surface area (Å²) < 4.78 is 10.9. The van der Waals surface area contributed by atoms with Gasteiger partial charge in [-0.2, -0.15) is 0 Å². The number of amides is 2. The topological polar surface area (TPSA) is 109 Å². The fraction of sp³-hybridized carbons (Fsp3) is 0.409. The van der Waals surface area contributed by atoms with Gasteiger partial charge >= 0.3 is 5.97 Å². The third-order valence-electron chi connectivity index (χ3n) is 5.97. The first-order valence-electron chi connectivity index (χ1n) is 10.0. The second kappa shape index (κ2) is 7.60. The molecule has 0 radical (unpaired) electrons. The number of ether oxygens (including phenoxy) is 1. The van der Waals surface area contributed by atoms with Crippen LogP contribution >= 0.6 is 0 Å². The Morgan fingerprint density at radius 1 is 1.20 bits per heavy atom. The van der Waals surface area contributed by atoms with Gasteiger partial charge in [-0.05, 0) is 43.7 Å². The molecule has 0 aliphatic carbocycles. The third-order valence-corrected chi connectivity index (χ3v) is 5.97. The lowest BCUT2D eigenvalue weighted by molar-refractivity contribution is -0.156. The molecule has 2 amide bonds. The Labute approximate surface area is 173 Å². The Kier molecular flexibility index (Phi) is 5.11. The van der Waals surface area contributed by atoms with E-state index in [9.17, 15) is 19.5 Å². The molecule has 2 aliphatic heterocycles. The number of furan rings is 1. The summed E-state index contributed by atoms with van der Waals surface area (Å²) >= 11 is 0. The number of aromatic hydroxyl groups is 1. The molecule has 0 bridgehead atoms. The third kappa shape index (κ3) is 2.99. The van der Waals surface area contributed by atoms with Crippen LogP contribution in [0, 0.1) is 11.8 Å². The zero-order valence-electron chi connectivity index (χ0n) is 16.8. The number of likely N-dealkylation sites (tertiary alicyclic amines) is 1. The highest BCUT2D eigenvalue weighted by molar-refractivity contribution is 6.09. The number of rotatable bonds is 6. The molecule has 158 valence electrons. The van der Waals surface area contributed by atoms with Crippen molar-refractivity contribution in [1.82, 2.24) is 10.2 Å². The van der Waals surface area contributed by atoms with Crippen molar-refractivity contribution in [1.29, 1.82) is 0 Å². The minimum absolute atomic E-state index is 0.0962. The minimum atomic E-state index is -1.44. The minimum Gasteiger partial charge on any atom is -0.508 e. The summed E-state index contributed by atoms with van der Waals surface area (Å²) in [5, 5.41) is 12.9. The first-order chi connectivity index (χ1) is 14.4. The second-order valence-electron chi connectivity index (χ2n) is 7.60. The van der Waals surface area contributed by atoms with Crippen molar-refractivity contribution in [3.63, 3.8) is 0 Å². The largest absolute Gasteiger partial charge is 0.508 e. The Morgan fingerprint density at radius 3 is 2.53 bits per heavy atom. The number of nitrogens with one attached hydrogen (secondary N) is 1. The van der Waals surface area contributed by atoms with E-state index >= 15 is 0 Å². The quantitative estimate of drug-likeness (QED) is 0.550. The fourth-order valence-electron chi connectivity index (χ4n) is 4.70. The van der Waals surface area contributed by atoms with E-state index in [1.165, 1.54) is 23.3 Å². The van der Waals surface area contributed by atoms with Crippen molar-refractivity contribution in [3.8, 4) is 5.75 Å². The molecule has 4 atom stereocenters. The van der Waals surface area contributed by atoms with Gasteiger partial charge in [0.05, 0.1) is 30.7 Å². The Morgan fingerprint density at radius 2 is 1.93 bits per heavy atom. The van der Waals surface area contributed by atoms with E-state index in [4.69, 9.17) is 9.15 Å². The second-order valence-corrected chi connectivity index (χ2v) is 7.60. The van der Waals surface area contributed by atoms with Gasteiger partial charge < -0.3 is 14.3 Å². The summed E-state index contributed by atoms with van der Waals surface area (Å²) in [4.78, 5) is 40.9. The maximum Gasteiger partial charge on any atom is 0.327 e. The highest BCUT2D eigenvalue weighted by Gasteiger charge is 2.69. The number of phenolic OH excluding ortho intramolecular Hbond substituents is 1. The van der Waals surface area contributed by atoms with Crippen LogP contribution in [0.1, 0.15) is 31.2 Å². The van der Waals surface area contributed by atoms with Crippen molar-refractivity contribution in [3.05, 3.63) is 54.0 Å². The number of carbonyl (C=O) groups is 3. The highest BCUT2D eigenvalue weighted by Crippen LogP contribution is 2.50. The van der Waals surface area contributed by atoms with Crippen LogP contribution in [0.4, 0.5) is 0 Å². The molecule has 30 heavy (non-hydrogen) atoms. The molecule has 1 aromatic carbocycles. The molecule has 2 aliphatic rings. The van der Waals surface area contributed by atoms with Crippen LogP contribution in [-0.2, 0) is 25.5 Å². The number of fused-ring (bicyclic) bond motifs is 1. The van der Waals surface area contributed by atoms with Crippen molar-refractivity contribution in [2.24, 2.45) is 11.8 Å². The first kappa shape index (κ1) is 20.2. The Balaban J connectivity index is 1.84. The summed E-state index contributed by atoms with van der Waals surface area (Å²) in [6.45, 7) is 3.80. The first-order valence-corrected chi connectivity index (χ1v) is 10.0. The van der Waals surface area contributed by atoms with E-state index in [1.54, 1.807) is 38.1 Å². The summed E-state index contributed by atoms with van der Waals surface area (Å²) in [5.74, 6) is -2.40. The average molecular weight is 412 g/mol. The van der Waals surface area contributed by atoms with Crippen molar-refractivity contribution in [2.75, 3.05) is 13.2 Å². The molecular formula is C22H24N2O6. The predicted molar refractivity (Wildman–Crippen MR) is 105 cm³/mol. The van der Waals surface area contributed by atoms with Crippen LogP contribution in [0.5, 0.6) is 5.75 Å². The number of hydrogen-bond acceptors (Lipinski definition) is 7. The molecule has 4 rings (SSSR count). The van der Waals surface area contributed by atoms with Gasteiger partial charge in [-0.25, -0.2) is 0 Å². The number of nitrogens with zero attached hydrogens (tertiary/aromatic N) is 1. The van der Waals surface area contributed by atoms with E-state index in [1.807, 2.05) is 0 Å². The van der Waals surface area contributed by atoms with Gasteiger partial charge in [-0.3, -0.25) is 24.6 Å². The number of benzene rings is 1. The lowest BCUT2D eigenvalue weighted by Gasteiger charge is -2.32. The van der Waals surface area contributed by atoms with E-state index in [2.05, 4.69) is 5.32 Å².